The van der Waals surface area contributed by atoms with Gasteiger partial charge in [-0.3, -0.25) is 4.79 Å². The summed E-state index contributed by atoms with van der Waals surface area (Å²) in [7, 11) is -9.53. The largest absolute Gasteiger partial charge is 0.453 e. The van der Waals surface area contributed by atoms with Gasteiger partial charge >= 0.3 is 5.97 Å². The van der Waals surface area contributed by atoms with Crippen LogP contribution in [0.15, 0.2) is 12.2 Å². The van der Waals surface area contributed by atoms with Gasteiger partial charge in [0.25, 0.3) is 0 Å². The van der Waals surface area contributed by atoms with Gasteiger partial charge in [-0.25, -0.2) is 0 Å². The second kappa shape index (κ2) is 16.4. The minimum atomic E-state index is -2.56. The number of ether oxygens (including phenoxy) is 3. The number of alkyl halides is 1. The molecule has 14 heteroatoms. The number of carbonyl (C=O) groups excluding carboxylic acids is 1. The SMILES string of the molecule is CC(C)(Cl)C(=O)OC1C(O[Si](C)(C)C(C)(C)C)[C@@H](O[Si](C)(C)C(C)(C)C)C(CO[Si](C)(C)C(C)(C)C)O[C@H]1O[C@H]1[C@@H](O[Si](C)(C)C(C)(C)C)C=C[C@@H]1N. The highest BCUT2D eigenvalue weighted by molar-refractivity contribution is 6.75. The Morgan fingerprint density at radius 3 is 1.45 bits per heavy atom. The minimum Gasteiger partial charge on any atom is -0.453 e. The van der Waals surface area contributed by atoms with E-state index >= 15 is 0 Å². The summed E-state index contributed by atoms with van der Waals surface area (Å²) < 4.78 is 49.0. The number of nitrogens with two attached hydrogens (primary N) is 1. The predicted octanol–water partition coefficient (Wildman–Crippen LogP) is 10.1. The Kier molecular flexibility index (Phi) is 15.2. The van der Waals surface area contributed by atoms with Crippen molar-refractivity contribution in [2.24, 2.45) is 5.73 Å². The van der Waals surface area contributed by atoms with Crippen LogP contribution in [-0.2, 0) is 36.7 Å². The lowest BCUT2D eigenvalue weighted by atomic mass is 9.98. The smallest absolute Gasteiger partial charge is 0.327 e. The highest BCUT2D eigenvalue weighted by Gasteiger charge is 2.58. The van der Waals surface area contributed by atoms with Crippen LogP contribution < -0.4 is 5.73 Å². The van der Waals surface area contributed by atoms with Crippen molar-refractivity contribution < 1.29 is 36.7 Å². The summed E-state index contributed by atoms with van der Waals surface area (Å²) in [6.07, 6.45) is -1.22. The van der Waals surface area contributed by atoms with Crippen molar-refractivity contribution >= 4 is 50.8 Å². The highest BCUT2D eigenvalue weighted by atomic mass is 35.5. The van der Waals surface area contributed by atoms with E-state index in [4.69, 9.17) is 49.2 Å². The molecule has 9 nitrogen and oxygen atoms in total. The first kappa shape index (κ1) is 49.2. The second-order valence-electron chi connectivity index (χ2n) is 22.0. The number of halogens is 1. The van der Waals surface area contributed by atoms with Crippen LogP contribution in [0.5, 0.6) is 0 Å². The van der Waals surface area contributed by atoms with Crippen LogP contribution in [0.2, 0.25) is 72.5 Å². The molecule has 1 aliphatic heterocycles. The molecule has 3 unspecified atom stereocenters. The van der Waals surface area contributed by atoms with Gasteiger partial charge in [0.15, 0.2) is 45.7 Å². The summed E-state index contributed by atoms with van der Waals surface area (Å²) in [6.45, 7) is 47.8. The van der Waals surface area contributed by atoms with Gasteiger partial charge in [0.1, 0.15) is 29.3 Å². The number of hydrogen-bond acceptors (Lipinski definition) is 9. The van der Waals surface area contributed by atoms with Crippen molar-refractivity contribution in [2.45, 2.75) is 223 Å². The predicted molar refractivity (Wildman–Crippen MR) is 230 cm³/mol. The van der Waals surface area contributed by atoms with Crippen molar-refractivity contribution in [2.75, 3.05) is 6.61 Å². The van der Waals surface area contributed by atoms with E-state index in [1.807, 2.05) is 12.2 Å². The van der Waals surface area contributed by atoms with E-state index in [1.165, 1.54) is 0 Å². The summed E-state index contributed by atoms with van der Waals surface area (Å²) in [5, 5.41) is -0.374. The maximum absolute atomic E-state index is 13.8. The fraction of sp³-hybridized carbons (Fsp3) is 0.923. The van der Waals surface area contributed by atoms with Crippen molar-refractivity contribution in [3.63, 3.8) is 0 Å². The summed E-state index contributed by atoms with van der Waals surface area (Å²) >= 11 is 6.64. The van der Waals surface area contributed by atoms with Gasteiger partial charge in [-0.1, -0.05) is 95.2 Å². The first-order chi connectivity index (χ1) is 23.3. The van der Waals surface area contributed by atoms with Crippen LogP contribution >= 0.6 is 11.6 Å². The number of carbonyl (C=O) groups is 1. The minimum absolute atomic E-state index is 0.0357. The molecule has 1 aliphatic carbocycles. The number of hydrogen-bond donors (Lipinski definition) is 1. The average Bonchev–Trinajstić information content (AvgIpc) is 3.25. The van der Waals surface area contributed by atoms with E-state index in [2.05, 4.69) is 135 Å². The topological polar surface area (TPSA) is 108 Å². The van der Waals surface area contributed by atoms with Crippen molar-refractivity contribution in [3.8, 4) is 0 Å². The van der Waals surface area contributed by atoms with E-state index in [-0.39, 0.29) is 26.8 Å². The van der Waals surface area contributed by atoms with Crippen LogP contribution in [0.25, 0.3) is 0 Å². The molecular weight excluding hydrogens is 758 g/mol. The molecule has 0 spiro atoms. The number of rotatable bonds is 13. The van der Waals surface area contributed by atoms with Crippen LogP contribution in [0, 0.1) is 0 Å². The third kappa shape index (κ3) is 12.1. The van der Waals surface area contributed by atoms with Crippen molar-refractivity contribution in [3.05, 3.63) is 12.2 Å². The van der Waals surface area contributed by atoms with Crippen LogP contribution in [0.1, 0.15) is 96.9 Å². The molecule has 53 heavy (non-hydrogen) atoms. The van der Waals surface area contributed by atoms with Crippen molar-refractivity contribution in [1.29, 1.82) is 0 Å². The summed E-state index contributed by atoms with van der Waals surface area (Å²) in [4.78, 5) is 12.5. The maximum Gasteiger partial charge on any atom is 0.327 e. The highest BCUT2D eigenvalue weighted by Crippen LogP contribution is 2.46. The molecule has 0 aromatic carbocycles. The summed E-state index contributed by atoms with van der Waals surface area (Å²) in [6, 6.07) is -0.475. The fourth-order valence-corrected chi connectivity index (χ4v) is 9.88. The first-order valence-electron chi connectivity index (χ1n) is 19.6. The normalized spacial score (nSPS) is 28.8. The fourth-order valence-electron chi connectivity index (χ4n) is 4.95. The molecule has 2 N–H and O–H groups in total. The molecule has 0 amide bonds. The molecule has 1 fully saturated rings. The zero-order valence-electron chi connectivity index (χ0n) is 37.7. The lowest BCUT2D eigenvalue weighted by Crippen LogP contribution is -2.68. The zero-order valence-corrected chi connectivity index (χ0v) is 42.5. The van der Waals surface area contributed by atoms with E-state index in [0.29, 0.717) is 0 Å². The molecule has 2 aliphatic rings. The van der Waals surface area contributed by atoms with Gasteiger partial charge in [0.2, 0.25) is 0 Å². The van der Waals surface area contributed by atoms with E-state index in [0.717, 1.165) is 0 Å². The quantitative estimate of drug-likeness (QED) is 0.0840. The molecular formula is C39H80ClNO8Si4. The molecule has 0 aromatic heterocycles. The average molecular weight is 839 g/mol. The third-order valence-electron chi connectivity index (χ3n) is 13.0. The third-order valence-corrected chi connectivity index (χ3v) is 31.0. The molecule has 1 heterocycles. The first-order valence-corrected chi connectivity index (χ1v) is 31.6. The van der Waals surface area contributed by atoms with Crippen LogP contribution in [0.4, 0.5) is 0 Å². The van der Waals surface area contributed by atoms with Crippen molar-refractivity contribution in [1.82, 2.24) is 0 Å². The Morgan fingerprint density at radius 2 is 1.04 bits per heavy atom. The molecule has 1 saturated heterocycles. The molecule has 0 aromatic rings. The van der Waals surface area contributed by atoms with E-state index in [1.54, 1.807) is 13.8 Å². The van der Waals surface area contributed by atoms with Gasteiger partial charge < -0.3 is 37.6 Å². The Balaban J connectivity index is 2.87. The molecule has 0 bridgehead atoms. The van der Waals surface area contributed by atoms with Gasteiger partial charge in [0, 0.05) is 0 Å². The van der Waals surface area contributed by atoms with Gasteiger partial charge in [-0.05, 0) is 86.4 Å². The Labute approximate surface area is 334 Å². The van der Waals surface area contributed by atoms with Gasteiger partial charge in [0.05, 0.1) is 18.8 Å². The Bertz CT molecular complexity index is 1270. The lowest BCUT2D eigenvalue weighted by molar-refractivity contribution is -0.312. The Morgan fingerprint density at radius 1 is 0.623 bits per heavy atom. The summed E-state index contributed by atoms with van der Waals surface area (Å²) in [5.41, 5.74) is 6.76. The Hall–Kier alpha value is 0.0875. The second-order valence-corrected chi connectivity index (χ2v) is 42.1. The molecule has 8 atom stereocenters. The van der Waals surface area contributed by atoms with Crippen LogP contribution in [0.3, 0.4) is 0 Å². The van der Waals surface area contributed by atoms with E-state index < -0.39 is 93.1 Å². The standard InChI is InChI=1S/C39H80ClNO8Si4/c1-35(2,3)50(15,16)43-25-28-30(48-52(19,20)37(7,8)9)31(49-53(21,22)38(10,11)12)32(46-34(42)39(13,14)40)33(44-28)45-29-26(41)23-24-27(29)47-51(17,18)36(4,5)6/h23-24,26-33H,25,41H2,1-22H3/t26-,27-,28?,29+,30-,31?,32?,33-/m0/s1. The monoisotopic (exact) mass is 837 g/mol. The lowest BCUT2D eigenvalue weighted by Gasteiger charge is -2.53. The van der Waals surface area contributed by atoms with Crippen LogP contribution in [-0.4, -0.2) is 99.7 Å². The van der Waals surface area contributed by atoms with E-state index in [9.17, 15) is 4.79 Å². The molecule has 312 valence electrons. The molecule has 0 saturated carbocycles. The zero-order chi connectivity index (χ0) is 41.8. The van der Waals surface area contributed by atoms with Gasteiger partial charge in [-0.2, -0.15) is 0 Å². The molecule has 2 rings (SSSR count). The summed E-state index contributed by atoms with van der Waals surface area (Å²) in [5.74, 6) is -0.602. The maximum atomic E-state index is 13.8. The molecule has 0 radical (unpaired) electrons. The number of esters is 1. The van der Waals surface area contributed by atoms with Gasteiger partial charge in [-0.15, -0.1) is 11.6 Å².